The average Bonchev–Trinajstić information content (AvgIpc) is 3.17. The van der Waals surface area contributed by atoms with Crippen LogP contribution in [0.1, 0.15) is 29.5 Å². The van der Waals surface area contributed by atoms with Crippen molar-refractivity contribution in [3.8, 4) is 0 Å². The molecule has 2 aromatic carbocycles. The Morgan fingerprint density at radius 2 is 1.79 bits per heavy atom. The Labute approximate surface area is 172 Å². The highest BCUT2D eigenvalue weighted by Gasteiger charge is 2.10. The van der Waals surface area contributed by atoms with Gasteiger partial charge in [0.2, 0.25) is 5.91 Å². The molecule has 0 bridgehead atoms. The van der Waals surface area contributed by atoms with E-state index >= 15 is 0 Å². The van der Waals surface area contributed by atoms with Crippen molar-refractivity contribution in [1.29, 1.82) is 0 Å². The van der Waals surface area contributed by atoms with E-state index in [1.165, 1.54) is 16.5 Å². The topological polar surface area (TPSA) is 57.4 Å². The molecule has 5 nitrogen and oxygen atoms in total. The summed E-state index contributed by atoms with van der Waals surface area (Å²) in [5, 5.41) is 4.30. The molecular weight excluding hydrogens is 362 g/mol. The van der Waals surface area contributed by atoms with Gasteiger partial charge < -0.3 is 15.0 Å². The molecule has 1 amide bonds. The van der Waals surface area contributed by atoms with Gasteiger partial charge in [0.25, 0.3) is 0 Å². The molecule has 29 heavy (non-hydrogen) atoms. The van der Waals surface area contributed by atoms with Gasteiger partial charge in [-0.3, -0.25) is 9.69 Å². The Balaban J connectivity index is 1.18. The maximum atomic E-state index is 12.2. The number of carbonyl (C=O) groups excluding carboxylic acids is 1. The first-order valence-electron chi connectivity index (χ1n) is 10.5. The summed E-state index contributed by atoms with van der Waals surface area (Å²) in [6.45, 7) is 5.19. The van der Waals surface area contributed by atoms with Gasteiger partial charge in [0, 0.05) is 49.7 Å². The molecule has 0 radical (unpaired) electrons. The maximum absolute atomic E-state index is 12.2. The fourth-order valence-electron chi connectivity index (χ4n) is 3.85. The molecule has 1 aromatic heterocycles. The van der Waals surface area contributed by atoms with Crippen LogP contribution in [0.3, 0.4) is 0 Å². The second-order valence-electron chi connectivity index (χ2n) is 7.69. The van der Waals surface area contributed by atoms with Crippen molar-refractivity contribution in [2.24, 2.45) is 0 Å². The van der Waals surface area contributed by atoms with E-state index in [4.69, 9.17) is 4.74 Å². The molecule has 1 aliphatic rings. The number of amides is 1. The SMILES string of the molecule is O=C(CCCc1c[nH]c2ccccc12)NCc1ccc(CN2CCOCC2)cc1. The van der Waals surface area contributed by atoms with E-state index in [2.05, 4.69) is 63.9 Å². The molecule has 1 saturated heterocycles. The number of ether oxygens (including phenoxy) is 1. The number of benzene rings is 2. The van der Waals surface area contributed by atoms with Gasteiger partial charge in [0.05, 0.1) is 13.2 Å². The number of rotatable bonds is 8. The van der Waals surface area contributed by atoms with Crippen molar-refractivity contribution >= 4 is 16.8 Å². The predicted octanol–water partition coefficient (Wildman–Crippen LogP) is 3.64. The third-order valence-electron chi connectivity index (χ3n) is 5.55. The minimum absolute atomic E-state index is 0.113. The largest absolute Gasteiger partial charge is 0.379 e. The van der Waals surface area contributed by atoms with Crippen molar-refractivity contribution in [2.45, 2.75) is 32.4 Å². The quantitative estimate of drug-likeness (QED) is 0.616. The average molecular weight is 392 g/mol. The first-order chi connectivity index (χ1) is 14.3. The molecule has 1 fully saturated rings. The lowest BCUT2D eigenvalue weighted by Crippen LogP contribution is -2.35. The third kappa shape index (κ3) is 5.46. The number of carbonyl (C=O) groups is 1. The normalized spacial score (nSPS) is 14.9. The van der Waals surface area contributed by atoms with Crippen LogP contribution in [0.15, 0.2) is 54.7 Å². The molecule has 0 atom stereocenters. The first-order valence-corrected chi connectivity index (χ1v) is 10.5. The van der Waals surface area contributed by atoms with Crippen LogP contribution in [0.2, 0.25) is 0 Å². The molecule has 5 heteroatoms. The second kappa shape index (κ2) is 9.72. The van der Waals surface area contributed by atoms with E-state index in [9.17, 15) is 4.79 Å². The Morgan fingerprint density at radius 3 is 2.62 bits per heavy atom. The smallest absolute Gasteiger partial charge is 0.220 e. The summed E-state index contributed by atoms with van der Waals surface area (Å²) in [6, 6.07) is 16.8. The number of aromatic amines is 1. The van der Waals surface area contributed by atoms with Crippen molar-refractivity contribution < 1.29 is 9.53 Å². The number of nitrogens with zero attached hydrogens (tertiary/aromatic N) is 1. The molecular formula is C24H29N3O2. The van der Waals surface area contributed by atoms with Crippen molar-refractivity contribution in [2.75, 3.05) is 26.3 Å². The summed E-state index contributed by atoms with van der Waals surface area (Å²) in [5.74, 6) is 0.113. The number of hydrogen-bond donors (Lipinski definition) is 2. The van der Waals surface area contributed by atoms with Gasteiger partial charge in [-0.15, -0.1) is 0 Å². The van der Waals surface area contributed by atoms with Crippen molar-refractivity contribution in [1.82, 2.24) is 15.2 Å². The first kappa shape index (κ1) is 19.7. The fraction of sp³-hybridized carbons (Fsp3) is 0.375. The molecule has 0 saturated carbocycles. The molecule has 3 aromatic rings. The second-order valence-corrected chi connectivity index (χ2v) is 7.69. The number of hydrogen-bond acceptors (Lipinski definition) is 3. The van der Waals surface area contributed by atoms with Crippen LogP contribution in [0.25, 0.3) is 10.9 Å². The van der Waals surface area contributed by atoms with E-state index in [1.54, 1.807) is 0 Å². The van der Waals surface area contributed by atoms with E-state index in [0.717, 1.165) is 56.8 Å². The van der Waals surface area contributed by atoms with Crippen LogP contribution in [-0.4, -0.2) is 42.1 Å². The molecule has 0 spiro atoms. The van der Waals surface area contributed by atoms with Crippen LogP contribution in [-0.2, 0) is 29.0 Å². The molecule has 0 aliphatic carbocycles. The molecule has 2 heterocycles. The van der Waals surface area contributed by atoms with Gasteiger partial charge in [-0.2, -0.15) is 0 Å². The van der Waals surface area contributed by atoms with Crippen LogP contribution >= 0.6 is 0 Å². The minimum atomic E-state index is 0.113. The highest BCUT2D eigenvalue weighted by molar-refractivity contribution is 5.83. The standard InChI is InChI=1S/C24H29N3O2/c28-24(7-3-4-21-17-25-23-6-2-1-5-22(21)23)26-16-19-8-10-20(11-9-19)18-27-12-14-29-15-13-27/h1-2,5-6,8-11,17,25H,3-4,7,12-16,18H2,(H,26,28). The van der Waals surface area contributed by atoms with E-state index in [-0.39, 0.29) is 5.91 Å². The molecule has 4 rings (SSSR count). The number of aryl methyl sites for hydroxylation is 1. The number of morpholine rings is 1. The van der Waals surface area contributed by atoms with Gasteiger partial charge in [0.1, 0.15) is 0 Å². The third-order valence-corrected chi connectivity index (χ3v) is 5.55. The zero-order chi connectivity index (χ0) is 19.9. The highest BCUT2D eigenvalue weighted by atomic mass is 16.5. The zero-order valence-electron chi connectivity index (χ0n) is 16.8. The Bertz CT molecular complexity index is 927. The maximum Gasteiger partial charge on any atom is 0.220 e. The summed E-state index contributed by atoms with van der Waals surface area (Å²) >= 11 is 0. The molecule has 2 N–H and O–H groups in total. The Morgan fingerprint density at radius 1 is 1.03 bits per heavy atom. The van der Waals surface area contributed by atoms with Crippen LogP contribution in [0.5, 0.6) is 0 Å². The van der Waals surface area contributed by atoms with Crippen LogP contribution in [0, 0.1) is 0 Å². The van der Waals surface area contributed by atoms with Crippen molar-refractivity contribution in [3.63, 3.8) is 0 Å². The lowest BCUT2D eigenvalue weighted by molar-refractivity contribution is -0.121. The number of para-hydroxylation sites is 1. The number of aromatic nitrogens is 1. The highest BCUT2D eigenvalue weighted by Crippen LogP contribution is 2.19. The lowest BCUT2D eigenvalue weighted by Gasteiger charge is -2.26. The minimum Gasteiger partial charge on any atom is -0.379 e. The summed E-state index contributed by atoms with van der Waals surface area (Å²) in [7, 11) is 0. The fourth-order valence-corrected chi connectivity index (χ4v) is 3.85. The predicted molar refractivity (Wildman–Crippen MR) is 116 cm³/mol. The molecule has 0 unspecified atom stereocenters. The van der Waals surface area contributed by atoms with E-state index in [0.29, 0.717) is 13.0 Å². The number of fused-ring (bicyclic) bond motifs is 1. The Kier molecular flexibility index (Phi) is 6.60. The summed E-state index contributed by atoms with van der Waals surface area (Å²) in [6.07, 6.45) is 4.37. The summed E-state index contributed by atoms with van der Waals surface area (Å²) < 4.78 is 5.40. The number of nitrogens with one attached hydrogen (secondary N) is 2. The lowest BCUT2D eigenvalue weighted by atomic mass is 10.1. The van der Waals surface area contributed by atoms with Crippen LogP contribution in [0.4, 0.5) is 0 Å². The van der Waals surface area contributed by atoms with Crippen LogP contribution < -0.4 is 5.32 Å². The number of H-pyrrole nitrogens is 1. The van der Waals surface area contributed by atoms with Crippen molar-refractivity contribution in [3.05, 3.63) is 71.4 Å². The molecule has 1 aliphatic heterocycles. The van der Waals surface area contributed by atoms with E-state index < -0.39 is 0 Å². The van der Waals surface area contributed by atoms with Gasteiger partial charge >= 0.3 is 0 Å². The summed E-state index contributed by atoms with van der Waals surface area (Å²) in [4.78, 5) is 17.9. The van der Waals surface area contributed by atoms with Gasteiger partial charge in [-0.25, -0.2) is 0 Å². The van der Waals surface area contributed by atoms with E-state index in [1.807, 2.05) is 6.07 Å². The van der Waals surface area contributed by atoms with Gasteiger partial charge in [0.15, 0.2) is 0 Å². The van der Waals surface area contributed by atoms with Gasteiger partial charge in [-0.1, -0.05) is 42.5 Å². The summed E-state index contributed by atoms with van der Waals surface area (Å²) in [5.41, 5.74) is 4.88. The van der Waals surface area contributed by atoms with Gasteiger partial charge in [-0.05, 0) is 35.6 Å². The zero-order valence-corrected chi connectivity index (χ0v) is 16.8. The molecule has 152 valence electrons. The monoisotopic (exact) mass is 391 g/mol. The Hall–Kier alpha value is -2.63.